The van der Waals surface area contributed by atoms with E-state index in [2.05, 4.69) is 6.07 Å². The number of furan rings is 1. The average Bonchev–Trinajstić information content (AvgIpc) is 3.06. The second-order valence-corrected chi connectivity index (χ2v) is 4.41. The summed E-state index contributed by atoms with van der Waals surface area (Å²) in [5, 5.41) is 19.0. The number of aromatic carboxylic acids is 1. The molecule has 0 spiro atoms. The van der Waals surface area contributed by atoms with Crippen LogP contribution in [0.1, 0.15) is 21.7 Å². The fraction of sp³-hybridized carbons (Fsp3) is 0.0667. The molecule has 1 N–H and O–H groups in total. The van der Waals surface area contributed by atoms with Gasteiger partial charge in [0.2, 0.25) is 5.76 Å². The zero-order valence-corrected chi connectivity index (χ0v) is 10.4. The lowest BCUT2D eigenvalue weighted by Gasteiger charge is -2.04. The van der Waals surface area contributed by atoms with Gasteiger partial charge in [-0.15, -0.1) is 0 Å². The van der Waals surface area contributed by atoms with Crippen molar-refractivity contribution in [2.75, 3.05) is 0 Å². The Balaban J connectivity index is 2.05. The van der Waals surface area contributed by atoms with Crippen LogP contribution in [0.25, 0.3) is 10.9 Å². The van der Waals surface area contributed by atoms with Gasteiger partial charge in [-0.25, -0.2) is 4.79 Å². The summed E-state index contributed by atoms with van der Waals surface area (Å²) < 4.78 is 6.86. The van der Waals surface area contributed by atoms with Crippen LogP contribution in [0.2, 0.25) is 0 Å². The normalized spacial score (nSPS) is 10.6. The largest absolute Gasteiger partial charge is 0.475 e. The molecule has 1 aromatic carbocycles. The van der Waals surface area contributed by atoms with Crippen LogP contribution in [-0.4, -0.2) is 15.6 Å². The molecule has 5 heteroatoms. The number of carbonyl (C=O) groups is 1. The van der Waals surface area contributed by atoms with Crippen molar-refractivity contribution in [3.8, 4) is 6.07 Å². The number of hydrogen-bond donors (Lipinski definition) is 1. The van der Waals surface area contributed by atoms with Crippen molar-refractivity contribution < 1.29 is 14.3 Å². The van der Waals surface area contributed by atoms with Gasteiger partial charge in [0.25, 0.3) is 0 Å². The molecule has 98 valence electrons. The van der Waals surface area contributed by atoms with Crippen LogP contribution < -0.4 is 0 Å². The Hall–Kier alpha value is -3.00. The summed E-state index contributed by atoms with van der Waals surface area (Å²) in [4.78, 5) is 11.0. The van der Waals surface area contributed by atoms with Gasteiger partial charge in [0.15, 0.2) is 0 Å². The molecule has 20 heavy (non-hydrogen) atoms. The number of carboxylic acid groups (broad SMARTS) is 1. The van der Waals surface area contributed by atoms with Gasteiger partial charge < -0.3 is 14.1 Å². The molecule has 0 saturated heterocycles. The summed E-state index contributed by atoms with van der Waals surface area (Å²) in [6.07, 6.45) is 3.23. The van der Waals surface area contributed by atoms with E-state index in [1.807, 2.05) is 22.9 Å². The van der Waals surface area contributed by atoms with Gasteiger partial charge in [-0.3, -0.25) is 0 Å². The average molecular weight is 266 g/mol. The number of carboxylic acids is 1. The number of hydrogen-bond acceptors (Lipinski definition) is 3. The minimum absolute atomic E-state index is 0.0525. The van der Waals surface area contributed by atoms with E-state index in [1.54, 1.807) is 18.2 Å². The smallest absolute Gasteiger partial charge is 0.372 e. The lowest BCUT2D eigenvalue weighted by atomic mass is 10.2. The van der Waals surface area contributed by atoms with Crippen molar-refractivity contribution in [2.24, 2.45) is 0 Å². The Kier molecular flexibility index (Phi) is 2.77. The fourth-order valence-electron chi connectivity index (χ4n) is 2.22. The molecule has 0 bridgehead atoms. The van der Waals surface area contributed by atoms with Crippen LogP contribution in [0.3, 0.4) is 0 Å². The summed E-state index contributed by atoms with van der Waals surface area (Å²) in [5.74, 6) is -1.14. The van der Waals surface area contributed by atoms with Crippen LogP contribution >= 0.6 is 0 Å². The van der Waals surface area contributed by atoms with Crippen molar-refractivity contribution in [3.05, 3.63) is 59.7 Å². The third kappa shape index (κ3) is 1.93. The summed E-state index contributed by atoms with van der Waals surface area (Å²) >= 11 is 0. The fourth-order valence-corrected chi connectivity index (χ4v) is 2.22. The van der Waals surface area contributed by atoms with Crippen molar-refractivity contribution in [2.45, 2.75) is 6.54 Å². The molecule has 0 amide bonds. The maximum Gasteiger partial charge on any atom is 0.372 e. The molecule has 2 heterocycles. The van der Waals surface area contributed by atoms with E-state index in [4.69, 9.17) is 14.8 Å². The third-order valence-corrected chi connectivity index (χ3v) is 3.18. The Bertz CT molecular complexity index is 836. The number of rotatable bonds is 3. The molecule has 0 saturated carbocycles. The lowest BCUT2D eigenvalue weighted by molar-refractivity contribution is 0.0660. The second kappa shape index (κ2) is 4.59. The topological polar surface area (TPSA) is 79.2 Å². The van der Waals surface area contributed by atoms with Crippen LogP contribution in [-0.2, 0) is 6.54 Å². The van der Waals surface area contributed by atoms with E-state index in [0.29, 0.717) is 17.7 Å². The van der Waals surface area contributed by atoms with Gasteiger partial charge in [-0.05, 0) is 29.7 Å². The first-order valence-corrected chi connectivity index (χ1v) is 5.97. The van der Waals surface area contributed by atoms with Crippen molar-refractivity contribution in [1.29, 1.82) is 5.26 Å². The standard InChI is InChI=1S/C15H10N2O3/c16-8-10-1-2-11-3-5-17(13(11)7-10)9-12-4-6-20-14(12)15(18)19/h1-7H,9H2,(H,18,19). The molecule has 0 aliphatic carbocycles. The molecule has 0 aliphatic rings. The van der Waals surface area contributed by atoms with Crippen LogP contribution in [0.5, 0.6) is 0 Å². The summed E-state index contributed by atoms with van der Waals surface area (Å²) in [6, 6.07) is 11.1. The van der Waals surface area contributed by atoms with Gasteiger partial charge in [0, 0.05) is 17.3 Å². The molecule has 0 radical (unpaired) electrons. The molecule has 3 rings (SSSR count). The van der Waals surface area contributed by atoms with Gasteiger partial charge in [0.05, 0.1) is 24.4 Å². The molecule has 0 unspecified atom stereocenters. The van der Waals surface area contributed by atoms with E-state index < -0.39 is 5.97 Å². The van der Waals surface area contributed by atoms with Crippen LogP contribution in [0.15, 0.2) is 47.2 Å². The highest BCUT2D eigenvalue weighted by molar-refractivity contribution is 5.86. The Morgan fingerprint density at radius 3 is 2.95 bits per heavy atom. The molecule has 0 atom stereocenters. The SMILES string of the molecule is N#Cc1ccc2ccn(Cc3ccoc3C(=O)O)c2c1. The minimum atomic E-state index is -1.08. The third-order valence-electron chi connectivity index (χ3n) is 3.18. The van der Waals surface area contributed by atoms with Crippen LogP contribution in [0, 0.1) is 11.3 Å². The lowest BCUT2D eigenvalue weighted by Crippen LogP contribution is -2.03. The molecular formula is C15H10N2O3. The highest BCUT2D eigenvalue weighted by atomic mass is 16.4. The number of nitriles is 1. The molecule has 0 fully saturated rings. The summed E-state index contributed by atoms with van der Waals surface area (Å²) in [7, 11) is 0. The zero-order chi connectivity index (χ0) is 14.1. The maximum absolute atomic E-state index is 11.0. The zero-order valence-electron chi connectivity index (χ0n) is 10.4. The van der Waals surface area contributed by atoms with Crippen LogP contribution in [0.4, 0.5) is 0 Å². The summed E-state index contributed by atoms with van der Waals surface area (Å²) in [6.45, 7) is 0.385. The van der Waals surface area contributed by atoms with Crippen molar-refractivity contribution >= 4 is 16.9 Å². The monoisotopic (exact) mass is 266 g/mol. The Morgan fingerprint density at radius 1 is 1.35 bits per heavy atom. The van der Waals surface area contributed by atoms with E-state index in [0.717, 1.165) is 10.9 Å². The molecule has 3 aromatic rings. The maximum atomic E-state index is 11.0. The molecule has 5 nitrogen and oxygen atoms in total. The molecular weight excluding hydrogens is 256 g/mol. The number of nitrogens with zero attached hydrogens (tertiary/aromatic N) is 2. The highest BCUT2D eigenvalue weighted by Gasteiger charge is 2.14. The summed E-state index contributed by atoms with van der Waals surface area (Å²) in [5.41, 5.74) is 2.06. The Labute approximate surface area is 114 Å². The minimum Gasteiger partial charge on any atom is -0.475 e. The van der Waals surface area contributed by atoms with Gasteiger partial charge in [-0.1, -0.05) is 6.07 Å². The predicted molar refractivity (Wildman–Crippen MR) is 71.4 cm³/mol. The number of benzene rings is 1. The number of fused-ring (bicyclic) bond motifs is 1. The first kappa shape index (κ1) is 12.1. The Morgan fingerprint density at radius 2 is 2.20 bits per heavy atom. The molecule has 0 aliphatic heterocycles. The van der Waals surface area contributed by atoms with E-state index >= 15 is 0 Å². The number of aromatic nitrogens is 1. The van der Waals surface area contributed by atoms with E-state index in [9.17, 15) is 4.79 Å². The van der Waals surface area contributed by atoms with E-state index in [-0.39, 0.29) is 5.76 Å². The van der Waals surface area contributed by atoms with Gasteiger partial charge in [-0.2, -0.15) is 5.26 Å². The van der Waals surface area contributed by atoms with E-state index in [1.165, 1.54) is 6.26 Å². The van der Waals surface area contributed by atoms with Crippen molar-refractivity contribution in [3.63, 3.8) is 0 Å². The van der Waals surface area contributed by atoms with Crippen molar-refractivity contribution in [1.82, 2.24) is 4.57 Å². The first-order valence-electron chi connectivity index (χ1n) is 5.97. The molecule has 2 aromatic heterocycles. The van der Waals surface area contributed by atoms with Gasteiger partial charge in [0.1, 0.15) is 0 Å². The highest BCUT2D eigenvalue weighted by Crippen LogP contribution is 2.20. The quantitative estimate of drug-likeness (QED) is 0.790. The van der Waals surface area contributed by atoms with Gasteiger partial charge >= 0.3 is 5.97 Å². The first-order chi connectivity index (χ1) is 9.69. The predicted octanol–water partition coefficient (Wildman–Crippen LogP) is 2.85. The second-order valence-electron chi connectivity index (χ2n) is 4.41.